The van der Waals surface area contributed by atoms with E-state index in [4.69, 9.17) is 0 Å². The molecule has 1 aromatic rings. The topological polar surface area (TPSA) is 66.9 Å². The molecule has 0 saturated carbocycles. The van der Waals surface area contributed by atoms with Gasteiger partial charge >= 0.3 is 5.97 Å². The van der Waals surface area contributed by atoms with E-state index in [9.17, 15) is 13.2 Å². The highest BCUT2D eigenvalue weighted by Crippen LogP contribution is 2.14. The lowest BCUT2D eigenvalue weighted by molar-refractivity contribution is 0.0600. The Bertz CT molecular complexity index is 605. The first kappa shape index (κ1) is 16.9. The number of nitrogens with zero attached hydrogens (tertiary/aromatic N) is 2. The number of carbonyl (C=O) groups is 1. The van der Waals surface area contributed by atoms with Gasteiger partial charge in [-0.3, -0.25) is 0 Å². The van der Waals surface area contributed by atoms with Crippen molar-refractivity contribution in [2.75, 3.05) is 39.8 Å². The number of hydrogen-bond donors (Lipinski definition) is 0. The third kappa shape index (κ3) is 4.06. The zero-order chi connectivity index (χ0) is 16.2. The van der Waals surface area contributed by atoms with Gasteiger partial charge in [-0.25, -0.2) is 13.2 Å². The normalized spacial score (nSPS) is 17.4. The highest BCUT2D eigenvalue weighted by molar-refractivity contribution is 7.88. The predicted octanol–water partition coefficient (Wildman–Crippen LogP) is 0.940. The first-order valence-electron chi connectivity index (χ1n) is 7.33. The number of piperazine rings is 1. The predicted molar refractivity (Wildman–Crippen MR) is 84.1 cm³/mol. The molecule has 1 fully saturated rings. The van der Waals surface area contributed by atoms with Crippen LogP contribution in [0.2, 0.25) is 0 Å². The molecule has 7 heteroatoms. The summed E-state index contributed by atoms with van der Waals surface area (Å²) in [4.78, 5) is 13.6. The van der Waals surface area contributed by atoms with Crippen LogP contribution in [0.15, 0.2) is 24.3 Å². The molecule has 0 unspecified atom stereocenters. The molecule has 122 valence electrons. The molecule has 0 aliphatic carbocycles. The SMILES string of the molecule is CCN1CCN(S(=O)(=O)Cc2ccc(C(=O)OC)cc2)CC1. The standard InChI is InChI=1S/C15H22N2O4S/c1-3-16-8-10-17(11-9-16)22(19,20)12-13-4-6-14(7-5-13)15(18)21-2/h4-7H,3,8-12H2,1-2H3. The van der Waals surface area contributed by atoms with Gasteiger partial charge in [-0.1, -0.05) is 19.1 Å². The van der Waals surface area contributed by atoms with E-state index in [-0.39, 0.29) is 5.75 Å². The number of hydrogen-bond acceptors (Lipinski definition) is 5. The van der Waals surface area contributed by atoms with Gasteiger partial charge < -0.3 is 9.64 Å². The van der Waals surface area contributed by atoms with E-state index in [0.717, 1.165) is 19.6 Å². The molecule has 2 rings (SSSR count). The van der Waals surface area contributed by atoms with Crippen molar-refractivity contribution in [1.82, 2.24) is 9.21 Å². The van der Waals surface area contributed by atoms with Gasteiger partial charge in [0, 0.05) is 26.2 Å². The van der Waals surface area contributed by atoms with Crippen molar-refractivity contribution in [2.24, 2.45) is 0 Å². The van der Waals surface area contributed by atoms with Crippen molar-refractivity contribution in [1.29, 1.82) is 0 Å². The summed E-state index contributed by atoms with van der Waals surface area (Å²) in [7, 11) is -2.00. The Hall–Kier alpha value is -1.44. The van der Waals surface area contributed by atoms with E-state index in [0.29, 0.717) is 24.2 Å². The summed E-state index contributed by atoms with van der Waals surface area (Å²) in [5, 5.41) is 0. The van der Waals surface area contributed by atoms with Crippen molar-refractivity contribution < 1.29 is 17.9 Å². The van der Waals surface area contributed by atoms with Gasteiger partial charge in [0.1, 0.15) is 0 Å². The fourth-order valence-electron chi connectivity index (χ4n) is 2.48. The van der Waals surface area contributed by atoms with Crippen LogP contribution in [0.3, 0.4) is 0 Å². The Morgan fingerprint density at radius 2 is 1.73 bits per heavy atom. The van der Waals surface area contributed by atoms with Crippen LogP contribution in [0.5, 0.6) is 0 Å². The maximum absolute atomic E-state index is 12.4. The number of rotatable bonds is 5. The zero-order valence-corrected chi connectivity index (χ0v) is 13.8. The van der Waals surface area contributed by atoms with Crippen LogP contribution in [-0.2, 0) is 20.5 Å². The van der Waals surface area contributed by atoms with Gasteiger partial charge in [0.15, 0.2) is 0 Å². The maximum Gasteiger partial charge on any atom is 0.337 e. The molecule has 0 amide bonds. The van der Waals surface area contributed by atoms with Crippen molar-refractivity contribution >= 4 is 16.0 Å². The number of sulfonamides is 1. The van der Waals surface area contributed by atoms with E-state index < -0.39 is 16.0 Å². The van der Waals surface area contributed by atoms with Crippen molar-refractivity contribution in [3.63, 3.8) is 0 Å². The second-order valence-corrected chi connectivity index (χ2v) is 7.25. The summed E-state index contributed by atoms with van der Waals surface area (Å²) in [5.74, 6) is -0.467. The molecule has 0 N–H and O–H groups in total. The smallest absolute Gasteiger partial charge is 0.337 e. The van der Waals surface area contributed by atoms with Crippen LogP contribution < -0.4 is 0 Å². The molecule has 0 spiro atoms. The second-order valence-electron chi connectivity index (χ2n) is 5.28. The average molecular weight is 326 g/mol. The minimum absolute atomic E-state index is 0.0411. The number of likely N-dealkylation sites (N-methyl/N-ethyl adjacent to an activating group) is 1. The molecule has 1 aliphatic rings. The van der Waals surface area contributed by atoms with E-state index in [1.807, 2.05) is 0 Å². The Morgan fingerprint density at radius 3 is 2.23 bits per heavy atom. The summed E-state index contributed by atoms with van der Waals surface area (Å²) in [6.07, 6.45) is 0. The van der Waals surface area contributed by atoms with Crippen LogP contribution >= 0.6 is 0 Å². The van der Waals surface area contributed by atoms with Crippen LogP contribution in [-0.4, -0.2) is 63.4 Å². The summed E-state index contributed by atoms with van der Waals surface area (Å²) >= 11 is 0. The highest BCUT2D eigenvalue weighted by atomic mass is 32.2. The van der Waals surface area contributed by atoms with Gasteiger partial charge in [0.05, 0.1) is 18.4 Å². The van der Waals surface area contributed by atoms with Crippen molar-refractivity contribution in [3.8, 4) is 0 Å². The first-order valence-corrected chi connectivity index (χ1v) is 8.94. The van der Waals surface area contributed by atoms with Gasteiger partial charge in [-0.15, -0.1) is 0 Å². The molecule has 0 aromatic heterocycles. The van der Waals surface area contributed by atoms with Crippen LogP contribution in [0.1, 0.15) is 22.8 Å². The lowest BCUT2D eigenvalue weighted by atomic mass is 10.1. The second kappa shape index (κ2) is 7.21. The fraction of sp³-hybridized carbons (Fsp3) is 0.533. The fourth-order valence-corrected chi connectivity index (χ4v) is 4.00. The summed E-state index contributed by atoms with van der Waals surface area (Å²) in [5.41, 5.74) is 1.09. The Balaban J connectivity index is 2.01. The van der Waals surface area contributed by atoms with E-state index in [2.05, 4.69) is 16.6 Å². The Morgan fingerprint density at radius 1 is 1.14 bits per heavy atom. The van der Waals surface area contributed by atoms with Crippen LogP contribution in [0.4, 0.5) is 0 Å². The van der Waals surface area contributed by atoms with Crippen LogP contribution in [0, 0.1) is 0 Å². The van der Waals surface area contributed by atoms with Crippen molar-refractivity contribution in [3.05, 3.63) is 35.4 Å². The molecule has 1 aliphatic heterocycles. The van der Waals surface area contributed by atoms with Gasteiger partial charge in [-0.05, 0) is 24.2 Å². The highest BCUT2D eigenvalue weighted by Gasteiger charge is 2.26. The number of benzene rings is 1. The summed E-state index contributed by atoms with van der Waals surface area (Å²) in [6, 6.07) is 6.50. The quantitative estimate of drug-likeness (QED) is 0.754. The number of esters is 1. The van der Waals surface area contributed by atoms with Crippen molar-refractivity contribution in [2.45, 2.75) is 12.7 Å². The molecular formula is C15H22N2O4S. The Kier molecular flexibility index (Phi) is 5.55. The lowest BCUT2D eigenvalue weighted by Gasteiger charge is -2.33. The largest absolute Gasteiger partial charge is 0.465 e. The van der Waals surface area contributed by atoms with E-state index in [1.54, 1.807) is 28.6 Å². The molecule has 22 heavy (non-hydrogen) atoms. The van der Waals surface area contributed by atoms with E-state index >= 15 is 0 Å². The molecule has 0 bridgehead atoms. The number of methoxy groups -OCH3 is 1. The minimum Gasteiger partial charge on any atom is -0.465 e. The van der Waals surface area contributed by atoms with Crippen LogP contribution in [0.25, 0.3) is 0 Å². The zero-order valence-electron chi connectivity index (χ0n) is 13.0. The molecule has 1 saturated heterocycles. The third-order valence-corrected chi connectivity index (χ3v) is 5.75. The molecule has 6 nitrogen and oxygen atoms in total. The third-order valence-electron chi connectivity index (χ3n) is 3.90. The minimum atomic E-state index is -3.32. The lowest BCUT2D eigenvalue weighted by Crippen LogP contribution is -2.48. The molecular weight excluding hydrogens is 304 g/mol. The average Bonchev–Trinajstić information content (AvgIpc) is 2.54. The molecule has 1 aromatic carbocycles. The Labute approximate surface area is 131 Å². The summed E-state index contributed by atoms with van der Waals surface area (Å²) in [6.45, 7) is 5.65. The molecule has 0 radical (unpaired) electrons. The maximum atomic E-state index is 12.4. The monoisotopic (exact) mass is 326 g/mol. The summed E-state index contributed by atoms with van der Waals surface area (Å²) < 4.78 is 31.1. The first-order chi connectivity index (χ1) is 10.5. The van der Waals surface area contributed by atoms with Gasteiger partial charge in [-0.2, -0.15) is 4.31 Å². The number of ether oxygens (including phenoxy) is 1. The molecule has 1 heterocycles. The van der Waals surface area contributed by atoms with Gasteiger partial charge in [0.25, 0.3) is 0 Å². The number of carbonyl (C=O) groups excluding carboxylic acids is 1. The molecule has 0 atom stereocenters. The van der Waals surface area contributed by atoms with Gasteiger partial charge in [0.2, 0.25) is 10.0 Å². The van der Waals surface area contributed by atoms with E-state index in [1.165, 1.54) is 7.11 Å².